The van der Waals surface area contributed by atoms with Crippen molar-refractivity contribution in [2.45, 2.75) is 38.3 Å². The van der Waals surface area contributed by atoms with E-state index in [1.54, 1.807) is 28.7 Å². The molecule has 0 saturated carbocycles. The fraction of sp³-hybridized carbons (Fsp3) is 0.294. The van der Waals surface area contributed by atoms with Crippen molar-refractivity contribution in [3.8, 4) is 0 Å². The zero-order chi connectivity index (χ0) is 18.9. The molecule has 0 fully saturated rings. The number of benzene rings is 1. The summed E-state index contributed by atoms with van der Waals surface area (Å²) < 4.78 is 30.7. The van der Waals surface area contributed by atoms with Gasteiger partial charge in [-0.2, -0.15) is 5.10 Å². The van der Waals surface area contributed by atoms with Crippen LogP contribution in [0.4, 0.5) is 0 Å². The molecule has 0 unspecified atom stereocenters. The number of sulfonamides is 1. The fourth-order valence-corrected chi connectivity index (χ4v) is 3.94. The monoisotopic (exact) mass is 394 g/mol. The van der Waals surface area contributed by atoms with E-state index in [1.165, 1.54) is 16.9 Å². The largest absolute Gasteiger partial charge is 0.297 e. The lowest BCUT2D eigenvalue weighted by Crippen LogP contribution is -2.26. The number of rotatable bonds is 6. The van der Waals surface area contributed by atoms with Gasteiger partial charge >= 0.3 is 0 Å². The SMILES string of the molecule is CCc1nn(CC)c(=O)c2cc(S(=O)(=O)NCc3cccc(Cl)c3)cn12. The van der Waals surface area contributed by atoms with E-state index in [4.69, 9.17) is 11.6 Å². The van der Waals surface area contributed by atoms with Crippen LogP contribution < -0.4 is 10.3 Å². The molecule has 1 N–H and O–H groups in total. The number of hydrogen-bond donors (Lipinski definition) is 1. The third kappa shape index (κ3) is 3.53. The first kappa shape index (κ1) is 18.6. The Morgan fingerprint density at radius 2 is 2.00 bits per heavy atom. The molecule has 3 rings (SSSR count). The van der Waals surface area contributed by atoms with Gasteiger partial charge in [-0.1, -0.05) is 30.7 Å². The lowest BCUT2D eigenvalue weighted by atomic mass is 10.2. The Labute approximate surface area is 156 Å². The first-order chi connectivity index (χ1) is 12.4. The van der Waals surface area contributed by atoms with Gasteiger partial charge in [-0.05, 0) is 30.7 Å². The van der Waals surface area contributed by atoms with Crippen LogP contribution in [0.15, 0.2) is 46.2 Å². The average molecular weight is 395 g/mol. The van der Waals surface area contributed by atoms with Gasteiger partial charge in [0.1, 0.15) is 16.2 Å². The zero-order valence-electron chi connectivity index (χ0n) is 14.4. The molecule has 0 amide bonds. The molecule has 26 heavy (non-hydrogen) atoms. The average Bonchev–Trinajstić information content (AvgIpc) is 3.08. The van der Waals surface area contributed by atoms with Crippen LogP contribution in [0.3, 0.4) is 0 Å². The van der Waals surface area contributed by atoms with Gasteiger partial charge in [0.2, 0.25) is 10.0 Å². The van der Waals surface area contributed by atoms with Crippen molar-refractivity contribution in [1.82, 2.24) is 18.9 Å². The molecule has 0 radical (unpaired) electrons. The minimum atomic E-state index is -3.78. The Balaban J connectivity index is 1.98. The topological polar surface area (TPSA) is 85.5 Å². The number of hydrogen-bond acceptors (Lipinski definition) is 4. The lowest BCUT2D eigenvalue weighted by Gasteiger charge is -2.06. The van der Waals surface area contributed by atoms with E-state index in [-0.39, 0.29) is 17.0 Å². The summed E-state index contributed by atoms with van der Waals surface area (Å²) >= 11 is 5.92. The quantitative estimate of drug-likeness (QED) is 0.694. The van der Waals surface area contributed by atoms with Crippen molar-refractivity contribution in [1.29, 1.82) is 0 Å². The molecule has 2 heterocycles. The van der Waals surface area contributed by atoms with Crippen molar-refractivity contribution >= 4 is 27.1 Å². The number of fused-ring (bicyclic) bond motifs is 1. The van der Waals surface area contributed by atoms with Gasteiger partial charge in [0, 0.05) is 30.7 Å². The summed E-state index contributed by atoms with van der Waals surface area (Å²) in [4.78, 5) is 12.5. The molecular formula is C17H19ClN4O3S. The molecule has 0 aliphatic heterocycles. The summed E-state index contributed by atoms with van der Waals surface area (Å²) in [6.45, 7) is 4.24. The van der Waals surface area contributed by atoms with E-state index in [9.17, 15) is 13.2 Å². The molecule has 0 atom stereocenters. The molecule has 0 saturated heterocycles. The van der Waals surface area contributed by atoms with E-state index in [2.05, 4.69) is 9.82 Å². The molecule has 2 aromatic heterocycles. The van der Waals surface area contributed by atoms with E-state index in [0.717, 1.165) is 5.56 Å². The van der Waals surface area contributed by atoms with Gasteiger partial charge in [-0.15, -0.1) is 0 Å². The van der Waals surface area contributed by atoms with Crippen LogP contribution in [-0.2, 0) is 29.5 Å². The number of nitrogens with one attached hydrogen (secondary N) is 1. The van der Waals surface area contributed by atoms with Gasteiger partial charge in [-0.25, -0.2) is 17.8 Å². The summed E-state index contributed by atoms with van der Waals surface area (Å²) in [5.74, 6) is 0.623. The van der Waals surface area contributed by atoms with Crippen molar-refractivity contribution in [3.05, 3.63) is 63.3 Å². The summed E-state index contributed by atoms with van der Waals surface area (Å²) in [6, 6.07) is 8.34. The van der Waals surface area contributed by atoms with Crippen molar-refractivity contribution in [3.63, 3.8) is 0 Å². The van der Waals surface area contributed by atoms with Gasteiger partial charge < -0.3 is 0 Å². The van der Waals surface area contributed by atoms with E-state index in [0.29, 0.717) is 29.3 Å². The molecule has 0 spiro atoms. The summed E-state index contributed by atoms with van der Waals surface area (Å²) in [5.41, 5.74) is 0.719. The third-order valence-electron chi connectivity index (χ3n) is 4.04. The molecule has 138 valence electrons. The Bertz CT molecular complexity index is 1120. The molecule has 7 nitrogen and oxygen atoms in total. The maximum atomic E-state index is 12.6. The van der Waals surface area contributed by atoms with E-state index < -0.39 is 10.0 Å². The van der Waals surface area contributed by atoms with Crippen LogP contribution in [0, 0.1) is 0 Å². The fourth-order valence-electron chi connectivity index (χ4n) is 2.69. The van der Waals surface area contributed by atoms with Crippen LogP contribution >= 0.6 is 11.6 Å². The third-order valence-corrected chi connectivity index (χ3v) is 5.65. The highest BCUT2D eigenvalue weighted by molar-refractivity contribution is 7.89. The Morgan fingerprint density at radius 3 is 2.65 bits per heavy atom. The first-order valence-electron chi connectivity index (χ1n) is 8.22. The standard InChI is InChI=1S/C17H19ClN4O3S/c1-3-16-20-22(4-2)17(23)15-9-14(11-21(15)16)26(24,25)19-10-12-6-5-7-13(18)8-12/h5-9,11,19H,3-4,10H2,1-2H3. The highest BCUT2D eigenvalue weighted by Crippen LogP contribution is 2.16. The molecule has 0 aliphatic rings. The van der Waals surface area contributed by atoms with Gasteiger partial charge in [0.15, 0.2) is 0 Å². The first-order valence-corrected chi connectivity index (χ1v) is 10.1. The number of aryl methyl sites for hydroxylation is 2. The smallest absolute Gasteiger partial charge is 0.291 e. The second-order valence-corrected chi connectivity index (χ2v) is 7.98. The molecule has 3 aromatic rings. The van der Waals surface area contributed by atoms with Crippen LogP contribution in [0.2, 0.25) is 5.02 Å². The summed E-state index contributed by atoms with van der Waals surface area (Å²) in [5, 5.41) is 4.81. The highest BCUT2D eigenvalue weighted by atomic mass is 35.5. The lowest BCUT2D eigenvalue weighted by molar-refractivity contribution is 0.579. The predicted octanol–water partition coefficient (Wildman–Crippen LogP) is 2.21. The maximum absolute atomic E-state index is 12.6. The Morgan fingerprint density at radius 1 is 1.23 bits per heavy atom. The van der Waals surface area contributed by atoms with Crippen LogP contribution in [0.1, 0.15) is 25.2 Å². The van der Waals surface area contributed by atoms with Crippen molar-refractivity contribution < 1.29 is 8.42 Å². The van der Waals surface area contributed by atoms with Crippen LogP contribution in [-0.4, -0.2) is 22.6 Å². The van der Waals surface area contributed by atoms with E-state index >= 15 is 0 Å². The van der Waals surface area contributed by atoms with Crippen LogP contribution in [0.25, 0.3) is 5.52 Å². The number of halogens is 1. The second kappa shape index (κ2) is 7.22. The molecule has 9 heteroatoms. The highest BCUT2D eigenvalue weighted by Gasteiger charge is 2.19. The number of aromatic nitrogens is 3. The van der Waals surface area contributed by atoms with Gasteiger partial charge in [0.05, 0.1) is 0 Å². The molecule has 0 aliphatic carbocycles. The summed E-state index contributed by atoms with van der Waals surface area (Å²) in [6.07, 6.45) is 2.00. The maximum Gasteiger partial charge on any atom is 0.291 e. The van der Waals surface area contributed by atoms with Crippen molar-refractivity contribution in [2.75, 3.05) is 0 Å². The second-order valence-electron chi connectivity index (χ2n) is 5.78. The number of nitrogens with zero attached hydrogens (tertiary/aromatic N) is 3. The van der Waals surface area contributed by atoms with Gasteiger partial charge in [0.25, 0.3) is 5.56 Å². The van der Waals surface area contributed by atoms with Crippen LogP contribution in [0.5, 0.6) is 0 Å². The van der Waals surface area contributed by atoms with Gasteiger partial charge in [-0.3, -0.25) is 9.20 Å². The van der Waals surface area contributed by atoms with E-state index in [1.807, 2.05) is 13.8 Å². The minimum absolute atomic E-state index is 0.0296. The summed E-state index contributed by atoms with van der Waals surface area (Å²) in [7, 11) is -3.78. The van der Waals surface area contributed by atoms with Crippen molar-refractivity contribution in [2.24, 2.45) is 0 Å². The Kier molecular flexibility index (Phi) is 5.17. The Hall–Kier alpha value is -2.16. The zero-order valence-corrected chi connectivity index (χ0v) is 16.0. The molecule has 1 aromatic carbocycles. The normalized spacial score (nSPS) is 12.0. The molecule has 0 bridgehead atoms. The minimum Gasteiger partial charge on any atom is -0.297 e. The predicted molar refractivity (Wildman–Crippen MR) is 100.0 cm³/mol. The molecular weight excluding hydrogens is 376 g/mol.